The lowest BCUT2D eigenvalue weighted by atomic mass is 10.2. The minimum atomic E-state index is -0.584. The van der Waals surface area contributed by atoms with Gasteiger partial charge in [-0.3, -0.25) is 4.79 Å². The van der Waals surface area contributed by atoms with Crippen LogP contribution >= 0.6 is 34.8 Å². The summed E-state index contributed by atoms with van der Waals surface area (Å²) in [6.07, 6.45) is 1.96. The Balaban J connectivity index is 1.62. The third-order valence-corrected chi connectivity index (χ3v) is 4.85. The van der Waals surface area contributed by atoms with E-state index in [0.717, 1.165) is 0 Å². The standard InChI is InChI=1S/C20H15Cl3N2O4/c1-28-20(27)14-9-12(3-5-15(14)22)25-18(26)6-7-19-24-10-17(29-19)13-4-2-11(21)8-16(13)23/h2-5,8-10H,6-7H2,1H3,(H,25,26). The van der Waals surface area contributed by atoms with Crippen molar-refractivity contribution in [3.8, 4) is 11.3 Å². The van der Waals surface area contributed by atoms with Crippen LogP contribution in [0.25, 0.3) is 11.3 Å². The quantitative estimate of drug-likeness (QED) is 0.487. The second-order valence-corrected chi connectivity index (χ2v) is 7.23. The van der Waals surface area contributed by atoms with E-state index in [-0.39, 0.29) is 29.3 Å². The van der Waals surface area contributed by atoms with Crippen molar-refractivity contribution >= 4 is 52.4 Å². The first-order chi connectivity index (χ1) is 13.9. The van der Waals surface area contributed by atoms with E-state index >= 15 is 0 Å². The predicted molar refractivity (Wildman–Crippen MR) is 112 cm³/mol. The van der Waals surface area contributed by atoms with Gasteiger partial charge in [0.2, 0.25) is 5.91 Å². The van der Waals surface area contributed by atoms with Crippen LogP contribution in [-0.4, -0.2) is 24.0 Å². The molecule has 0 bridgehead atoms. The number of rotatable bonds is 6. The van der Waals surface area contributed by atoms with E-state index in [4.69, 9.17) is 39.2 Å². The summed E-state index contributed by atoms with van der Waals surface area (Å²) >= 11 is 18.0. The molecule has 0 atom stereocenters. The SMILES string of the molecule is COC(=O)c1cc(NC(=O)CCc2ncc(-c3ccc(Cl)cc3Cl)o2)ccc1Cl. The highest BCUT2D eigenvalue weighted by Gasteiger charge is 2.14. The molecule has 0 aliphatic heterocycles. The van der Waals surface area contributed by atoms with Gasteiger partial charge in [0.05, 0.1) is 28.9 Å². The lowest BCUT2D eigenvalue weighted by Gasteiger charge is -2.07. The number of aromatic nitrogens is 1. The maximum atomic E-state index is 12.2. The Labute approximate surface area is 181 Å². The first-order valence-electron chi connectivity index (χ1n) is 8.45. The fourth-order valence-electron chi connectivity index (χ4n) is 2.55. The maximum Gasteiger partial charge on any atom is 0.339 e. The van der Waals surface area contributed by atoms with Crippen LogP contribution in [0.5, 0.6) is 0 Å². The molecular weight excluding hydrogens is 439 g/mol. The normalized spacial score (nSPS) is 10.6. The van der Waals surface area contributed by atoms with Crippen LogP contribution in [0.1, 0.15) is 22.7 Å². The molecule has 0 saturated heterocycles. The second-order valence-electron chi connectivity index (χ2n) is 5.98. The molecule has 2 aromatic carbocycles. The number of methoxy groups -OCH3 is 1. The molecule has 9 heteroatoms. The number of carbonyl (C=O) groups excluding carboxylic acids is 2. The zero-order valence-corrected chi connectivity index (χ0v) is 17.4. The van der Waals surface area contributed by atoms with Crippen LogP contribution in [-0.2, 0) is 16.0 Å². The number of aryl methyl sites for hydroxylation is 1. The number of benzene rings is 2. The van der Waals surface area contributed by atoms with E-state index in [0.29, 0.717) is 32.9 Å². The zero-order chi connectivity index (χ0) is 21.0. The highest BCUT2D eigenvalue weighted by atomic mass is 35.5. The van der Waals surface area contributed by atoms with Crippen molar-refractivity contribution in [2.45, 2.75) is 12.8 Å². The zero-order valence-electron chi connectivity index (χ0n) is 15.2. The molecular formula is C20H15Cl3N2O4. The fraction of sp³-hybridized carbons (Fsp3) is 0.150. The number of anilines is 1. The van der Waals surface area contributed by atoms with Crippen LogP contribution in [0.4, 0.5) is 5.69 Å². The summed E-state index contributed by atoms with van der Waals surface area (Å²) in [5, 5.41) is 3.91. The van der Waals surface area contributed by atoms with Gasteiger partial charge in [-0.1, -0.05) is 34.8 Å². The summed E-state index contributed by atoms with van der Waals surface area (Å²) in [5.74, 6) is 0.0294. The molecule has 1 amide bonds. The smallest absolute Gasteiger partial charge is 0.339 e. The van der Waals surface area contributed by atoms with Gasteiger partial charge < -0.3 is 14.5 Å². The average Bonchev–Trinajstić information content (AvgIpc) is 3.16. The Hall–Kier alpha value is -2.54. The first-order valence-corrected chi connectivity index (χ1v) is 9.58. The van der Waals surface area contributed by atoms with E-state index in [1.54, 1.807) is 30.5 Å². The number of hydrogen-bond acceptors (Lipinski definition) is 5. The van der Waals surface area contributed by atoms with E-state index in [9.17, 15) is 9.59 Å². The Morgan fingerprint density at radius 2 is 1.90 bits per heavy atom. The summed E-state index contributed by atoms with van der Waals surface area (Å²) in [5.41, 5.74) is 1.26. The minimum Gasteiger partial charge on any atom is -0.465 e. The number of esters is 1. The van der Waals surface area contributed by atoms with Crippen molar-refractivity contribution in [1.82, 2.24) is 4.98 Å². The molecule has 0 radical (unpaired) electrons. The van der Waals surface area contributed by atoms with Gasteiger partial charge in [0.1, 0.15) is 0 Å². The Bertz CT molecular complexity index is 1070. The highest BCUT2D eigenvalue weighted by Crippen LogP contribution is 2.31. The predicted octanol–water partition coefficient (Wildman–Crippen LogP) is 5.66. The number of amides is 1. The number of ether oxygens (including phenoxy) is 1. The fourth-order valence-corrected chi connectivity index (χ4v) is 3.25. The van der Waals surface area contributed by atoms with Crippen molar-refractivity contribution in [1.29, 1.82) is 0 Å². The summed E-state index contributed by atoms with van der Waals surface area (Å²) in [6.45, 7) is 0. The van der Waals surface area contributed by atoms with Crippen molar-refractivity contribution in [2.24, 2.45) is 0 Å². The topological polar surface area (TPSA) is 81.4 Å². The number of nitrogens with one attached hydrogen (secondary N) is 1. The van der Waals surface area contributed by atoms with E-state index in [1.165, 1.54) is 19.2 Å². The Morgan fingerprint density at radius 1 is 1.10 bits per heavy atom. The van der Waals surface area contributed by atoms with Gasteiger partial charge in [0, 0.05) is 29.1 Å². The minimum absolute atomic E-state index is 0.129. The molecule has 0 aliphatic carbocycles. The average molecular weight is 454 g/mol. The number of hydrogen-bond donors (Lipinski definition) is 1. The van der Waals surface area contributed by atoms with Gasteiger partial charge in [-0.2, -0.15) is 0 Å². The van der Waals surface area contributed by atoms with Gasteiger partial charge >= 0.3 is 5.97 Å². The molecule has 0 fully saturated rings. The van der Waals surface area contributed by atoms with E-state index in [2.05, 4.69) is 15.0 Å². The van der Waals surface area contributed by atoms with Crippen LogP contribution < -0.4 is 5.32 Å². The molecule has 3 rings (SSSR count). The van der Waals surface area contributed by atoms with Gasteiger partial charge in [-0.25, -0.2) is 9.78 Å². The number of nitrogens with zero attached hydrogens (tertiary/aromatic N) is 1. The third kappa shape index (κ3) is 5.29. The highest BCUT2D eigenvalue weighted by molar-refractivity contribution is 6.36. The van der Waals surface area contributed by atoms with Crippen molar-refractivity contribution in [3.05, 3.63) is 69.1 Å². The summed E-state index contributed by atoms with van der Waals surface area (Å²) in [6, 6.07) is 9.62. The molecule has 1 N–H and O–H groups in total. The second kappa shape index (κ2) is 9.31. The molecule has 1 heterocycles. The van der Waals surface area contributed by atoms with Crippen LogP contribution in [0, 0.1) is 0 Å². The van der Waals surface area contributed by atoms with Crippen LogP contribution in [0.15, 0.2) is 47.0 Å². The van der Waals surface area contributed by atoms with Gasteiger partial charge in [0.25, 0.3) is 0 Å². The van der Waals surface area contributed by atoms with E-state index < -0.39 is 5.97 Å². The molecule has 150 valence electrons. The molecule has 0 spiro atoms. The number of carbonyl (C=O) groups is 2. The van der Waals surface area contributed by atoms with Gasteiger partial charge in [0.15, 0.2) is 11.7 Å². The molecule has 3 aromatic rings. The van der Waals surface area contributed by atoms with Gasteiger partial charge in [-0.05, 0) is 36.4 Å². The largest absolute Gasteiger partial charge is 0.465 e. The monoisotopic (exact) mass is 452 g/mol. The molecule has 0 aliphatic rings. The van der Waals surface area contributed by atoms with Crippen molar-refractivity contribution in [3.63, 3.8) is 0 Å². The molecule has 6 nitrogen and oxygen atoms in total. The third-order valence-electron chi connectivity index (χ3n) is 3.97. The summed E-state index contributed by atoms with van der Waals surface area (Å²) in [4.78, 5) is 28.1. The van der Waals surface area contributed by atoms with E-state index in [1.807, 2.05) is 0 Å². The van der Waals surface area contributed by atoms with Gasteiger partial charge in [-0.15, -0.1) is 0 Å². The van der Waals surface area contributed by atoms with Crippen LogP contribution in [0.3, 0.4) is 0 Å². The lowest BCUT2D eigenvalue weighted by Crippen LogP contribution is -2.13. The lowest BCUT2D eigenvalue weighted by molar-refractivity contribution is -0.116. The van der Waals surface area contributed by atoms with Crippen molar-refractivity contribution in [2.75, 3.05) is 12.4 Å². The number of halogens is 3. The van der Waals surface area contributed by atoms with Crippen LogP contribution in [0.2, 0.25) is 15.1 Å². The molecule has 0 saturated carbocycles. The first kappa shape index (κ1) is 21.2. The molecule has 1 aromatic heterocycles. The molecule has 29 heavy (non-hydrogen) atoms. The number of oxazole rings is 1. The maximum absolute atomic E-state index is 12.2. The molecule has 0 unspecified atom stereocenters. The summed E-state index contributed by atoms with van der Waals surface area (Å²) < 4.78 is 10.3. The Kier molecular flexibility index (Phi) is 6.79. The summed E-state index contributed by atoms with van der Waals surface area (Å²) in [7, 11) is 1.26. The van der Waals surface area contributed by atoms with Crippen molar-refractivity contribution < 1.29 is 18.7 Å². The Morgan fingerprint density at radius 3 is 2.62 bits per heavy atom.